The number of nitrogens with zero attached hydrogens (tertiary/aromatic N) is 1. The van der Waals surface area contributed by atoms with Crippen molar-refractivity contribution in [2.75, 3.05) is 54.1 Å². The number of quaternary nitrogens is 1. The molecule has 7 nitrogen and oxygen atoms in total. The van der Waals surface area contributed by atoms with E-state index in [0.29, 0.717) is 17.6 Å². The minimum atomic E-state index is -4.39. The lowest BCUT2D eigenvalue weighted by Gasteiger charge is -2.27. The van der Waals surface area contributed by atoms with Crippen LogP contribution in [0, 0.1) is 0 Å². The molecule has 0 fully saturated rings. The maximum atomic E-state index is 11.7. The summed E-state index contributed by atoms with van der Waals surface area (Å²) in [6.45, 7) is 3.17. The summed E-state index contributed by atoms with van der Waals surface area (Å²) in [6, 6.07) is 0. The molecule has 0 aromatic carbocycles. The number of hydrogen-bond donors (Lipinski definition) is 1. The van der Waals surface area contributed by atoms with Crippen LogP contribution >= 0.6 is 7.82 Å². The second-order valence-electron chi connectivity index (χ2n) is 12.0. The van der Waals surface area contributed by atoms with E-state index in [2.05, 4.69) is 6.92 Å². The zero-order valence-corrected chi connectivity index (χ0v) is 26.5. The molecule has 2 atom stereocenters. The van der Waals surface area contributed by atoms with Gasteiger partial charge in [-0.15, -0.1) is 0 Å². The first-order chi connectivity index (χ1) is 18.2. The number of aliphatic hydroxyl groups excluding tert-OH is 1. The normalized spacial score (nSPS) is 14.6. The zero-order valence-electron chi connectivity index (χ0n) is 25.6. The van der Waals surface area contributed by atoms with Crippen LogP contribution < -0.4 is 4.89 Å². The van der Waals surface area contributed by atoms with E-state index in [-0.39, 0.29) is 19.8 Å². The Bertz CT molecular complexity index is 543. The Hall–Kier alpha value is -0.0100. The molecule has 0 amide bonds. The van der Waals surface area contributed by atoms with E-state index in [4.69, 9.17) is 13.8 Å². The maximum Gasteiger partial charge on any atom is 0.268 e. The lowest BCUT2D eigenvalue weighted by Crippen LogP contribution is -2.37. The molecule has 0 spiro atoms. The van der Waals surface area contributed by atoms with Gasteiger partial charge in [-0.05, 0) is 6.42 Å². The molecule has 0 radical (unpaired) electrons. The minimum absolute atomic E-state index is 0.0519. The number of phosphoric ester groups is 1. The van der Waals surface area contributed by atoms with Crippen molar-refractivity contribution in [2.45, 2.75) is 141 Å². The number of unbranched alkanes of at least 4 members (excludes halogenated alkanes) is 19. The summed E-state index contributed by atoms with van der Waals surface area (Å²) in [4.78, 5) is 11.7. The van der Waals surface area contributed by atoms with E-state index in [1.54, 1.807) is 0 Å². The molecule has 0 aliphatic carbocycles. The van der Waals surface area contributed by atoms with Crippen molar-refractivity contribution >= 4 is 7.82 Å². The molecule has 0 heterocycles. The molecule has 0 aliphatic heterocycles. The smallest absolute Gasteiger partial charge is 0.268 e. The van der Waals surface area contributed by atoms with Gasteiger partial charge in [0.2, 0.25) is 0 Å². The van der Waals surface area contributed by atoms with Crippen LogP contribution in [0.5, 0.6) is 0 Å². The number of rotatable bonds is 30. The first-order valence-electron chi connectivity index (χ1n) is 15.8. The predicted molar refractivity (Wildman–Crippen MR) is 157 cm³/mol. The topological polar surface area (TPSA) is 88.0 Å². The summed E-state index contributed by atoms with van der Waals surface area (Å²) in [5, 5.41) is 9.86. The first-order valence-corrected chi connectivity index (χ1v) is 17.3. The summed E-state index contributed by atoms with van der Waals surface area (Å²) in [6.07, 6.45) is 26.1. The molecule has 8 heteroatoms. The molecule has 0 aromatic rings. The first kappa shape index (κ1) is 38.0. The van der Waals surface area contributed by atoms with Crippen molar-refractivity contribution in [3.05, 3.63) is 0 Å². The molecule has 0 saturated carbocycles. The van der Waals surface area contributed by atoms with E-state index < -0.39 is 13.9 Å². The Morgan fingerprint density at radius 1 is 0.632 bits per heavy atom. The Balaban J connectivity index is 3.31. The monoisotopic (exact) mass is 565 g/mol. The highest BCUT2D eigenvalue weighted by atomic mass is 31.2. The second-order valence-corrected chi connectivity index (χ2v) is 13.4. The third-order valence-electron chi connectivity index (χ3n) is 6.89. The lowest BCUT2D eigenvalue weighted by molar-refractivity contribution is -0.870. The van der Waals surface area contributed by atoms with E-state index in [1.165, 1.54) is 116 Å². The second kappa shape index (κ2) is 25.9. The maximum absolute atomic E-state index is 11.7. The van der Waals surface area contributed by atoms with E-state index in [9.17, 15) is 14.6 Å². The lowest BCUT2D eigenvalue weighted by atomic mass is 10.0. The van der Waals surface area contributed by atoms with E-state index in [1.807, 2.05) is 21.1 Å². The summed E-state index contributed by atoms with van der Waals surface area (Å²) in [5.74, 6) is 0. The average Bonchev–Trinajstić information content (AvgIpc) is 2.85. The molecular weight excluding hydrogens is 501 g/mol. The third kappa shape index (κ3) is 30.5. The van der Waals surface area contributed by atoms with E-state index >= 15 is 0 Å². The van der Waals surface area contributed by atoms with Crippen LogP contribution in [0.25, 0.3) is 0 Å². The van der Waals surface area contributed by atoms with Crippen molar-refractivity contribution in [1.82, 2.24) is 0 Å². The van der Waals surface area contributed by atoms with Gasteiger partial charge in [0, 0.05) is 6.61 Å². The highest BCUT2D eigenvalue weighted by molar-refractivity contribution is 7.45. The SMILES string of the molecule is CCCCCCCCCCCCCCCCCCCCCCOCC(O)COP(=O)([O-])OCC[N+](C)(C)C. The van der Waals surface area contributed by atoms with Gasteiger partial charge in [0.25, 0.3) is 7.82 Å². The van der Waals surface area contributed by atoms with Crippen LogP contribution in [0.15, 0.2) is 0 Å². The Kier molecular flexibility index (Phi) is 25.9. The fraction of sp³-hybridized carbons (Fsp3) is 1.00. The summed E-state index contributed by atoms with van der Waals surface area (Å²) in [7, 11) is 1.45. The third-order valence-corrected chi connectivity index (χ3v) is 7.85. The van der Waals surface area contributed by atoms with Crippen LogP contribution in [0.2, 0.25) is 0 Å². The molecule has 2 unspecified atom stereocenters. The number of likely N-dealkylation sites (N-methyl/N-ethyl adjacent to an activating group) is 1. The van der Waals surface area contributed by atoms with Gasteiger partial charge in [-0.2, -0.15) is 0 Å². The highest BCUT2D eigenvalue weighted by Crippen LogP contribution is 2.38. The van der Waals surface area contributed by atoms with Gasteiger partial charge in [-0.25, -0.2) is 0 Å². The predicted octanol–water partition coefficient (Wildman–Crippen LogP) is 7.39. The molecule has 0 aromatic heterocycles. The Morgan fingerprint density at radius 2 is 1.03 bits per heavy atom. The van der Waals surface area contributed by atoms with Gasteiger partial charge in [-0.1, -0.05) is 129 Å². The summed E-state index contributed by atoms with van der Waals surface area (Å²) in [5.41, 5.74) is 0. The number of hydrogen-bond acceptors (Lipinski definition) is 6. The highest BCUT2D eigenvalue weighted by Gasteiger charge is 2.15. The average molecular weight is 566 g/mol. The summed E-state index contributed by atoms with van der Waals surface area (Å²) >= 11 is 0. The summed E-state index contributed by atoms with van der Waals surface area (Å²) < 4.78 is 27.3. The molecule has 0 saturated heterocycles. The number of aliphatic hydroxyl groups is 1. The van der Waals surface area contributed by atoms with Crippen molar-refractivity contribution in [3.63, 3.8) is 0 Å². The van der Waals surface area contributed by atoms with Gasteiger partial charge < -0.3 is 28.3 Å². The van der Waals surface area contributed by atoms with Gasteiger partial charge in [-0.3, -0.25) is 4.57 Å². The number of phosphoric acid groups is 1. The van der Waals surface area contributed by atoms with Crippen molar-refractivity contribution in [2.24, 2.45) is 0 Å². The molecule has 0 rings (SSSR count). The Labute approximate surface area is 236 Å². The minimum Gasteiger partial charge on any atom is -0.756 e. The molecule has 1 N–H and O–H groups in total. The standard InChI is InChI=1S/C30H64NO6P/c1-5-6-7-8-9-10-11-12-13-14-15-16-17-18-19-20-21-22-23-24-26-35-28-30(32)29-37-38(33,34)36-27-25-31(2,3)4/h30,32H,5-29H2,1-4H3. The molecule has 38 heavy (non-hydrogen) atoms. The number of ether oxygens (including phenoxy) is 1. The molecule has 0 aliphatic rings. The van der Waals surface area contributed by atoms with Crippen LogP contribution in [0.3, 0.4) is 0 Å². The van der Waals surface area contributed by atoms with Crippen LogP contribution in [0.4, 0.5) is 0 Å². The van der Waals surface area contributed by atoms with Crippen molar-refractivity contribution in [3.8, 4) is 0 Å². The Morgan fingerprint density at radius 3 is 1.42 bits per heavy atom. The van der Waals surface area contributed by atoms with Gasteiger partial charge in [0.15, 0.2) is 0 Å². The van der Waals surface area contributed by atoms with Gasteiger partial charge in [0.1, 0.15) is 19.3 Å². The molecular formula is C30H64NO6P. The van der Waals surface area contributed by atoms with Crippen LogP contribution in [-0.4, -0.2) is 69.8 Å². The van der Waals surface area contributed by atoms with E-state index in [0.717, 1.165) is 12.8 Å². The fourth-order valence-corrected chi connectivity index (χ4v) is 5.10. The van der Waals surface area contributed by atoms with Crippen molar-refractivity contribution < 1.29 is 32.8 Å². The largest absolute Gasteiger partial charge is 0.756 e. The quantitative estimate of drug-likeness (QED) is 0.0555. The van der Waals surface area contributed by atoms with Gasteiger partial charge >= 0.3 is 0 Å². The molecule has 0 bridgehead atoms. The van der Waals surface area contributed by atoms with Crippen molar-refractivity contribution in [1.29, 1.82) is 0 Å². The van der Waals surface area contributed by atoms with Crippen LogP contribution in [0.1, 0.15) is 135 Å². The fourth-order valence-electron chi connectivity index (χ4n) is 4.37. The zero-order chi connectivity index (χ0) is 28.4. The van der Waals surface area contributed by atoms with Crippen LogP contribution in [-0.2, 0) is 18.3 Å². The van der Waals surface area contributed by atoms with Gasteiger partial charge in [0.05, 0.1) is 34.4 Å². The molecule has 230 valence electrons.